The summed E-state index contributed by atoms with van der Waals surface area (Å²) in [5.41, 5.74) is 0.623. The van der Waals surface area contributed by atoms with E-state index < -0.39 is 5.60 Å². The molecule has 2 N–H and O–H groups in total. The summed E-state index contributed by atoms with van der Waals surface area (Å²) in [6.45, 7) is 7.57. The van der Waals surface area contributed by atoms with Crippen LogP contribution in [0, 0.1) is 0 Å². The zero-order chi connectivity index (χ0) is 19.9. The number of carbonyl (C=O) groups excluding carboxylic acids is 1. The van der Waals surface area contributed by atoms with Gasteiger partial charge in [-0.25, -0.2) is 9.78 Å². The van der Waals surface area contributed by atoms with Crippen molar-refractivity contribution in [1.29, 1.82) is 0 Å². The Morgan fingerprint density at radius 3 is 2.54 bits per heavy atom. The summed E-state index contributed by atoms with van der Waals surface area (Å²) in [6.07, 6.45) is 4.43. The van der Waals surface area contributed by atoms with E-state index in [2.05, 4.69) is 20.6 Å². The molecule has 1 heterocycles. The Labute approximate surface area is 189 Å². The maximum absolute atomic E-state index is 12.4. The number of guanidine groups is 1. The minimum absolute atomic E-state index is 0. The number of rotatable bonds is 7. The highest BCUT2D eigenvalue weighted by Crippen LogP contribution is 2.27. The molecule has 1 aliphatic rings. The normalized spacial score (nSPS) is 14.1. The van der Waals surface area contributed by atoms with Gasteiger partial charge in [-0.2, -0.15) is 0 Å². The first-order chi connectivity index (χ1) is 12.8. The molecule has 9 heteroatoms. The zero-order valence-corrected chi connectivity index (χ0v) is 20.1. The van der Waals surface area contributed by atoms with Crippen LogP contribution in [0.15, 0.2) is 23.3 Å². The lowest BCUT2D eigenvalue weighted by molar-refractivity contribution is 0.0238. The SMILES string of the molecule is CN=C(NCCc1ccc(Cl)nc1)NCCN(C(=O)OC(C)(C)C)C1CC1.I. The topological polar surface area (TPSA) is 78.9 Å². The molecule has 1 fully saturated rings. The Hall–Kier alpha value is -1.29. The molecule has 1 aromatic rings. The maximum Gasteiger partial charge on any atom is 0.410 e. The summed E-state index contributed by atoms with van der Waals surface area (Å²) in [4.78, 5) is 22.5. The molecule has 1 amide bonds. The molecule has 158 valence electrons. The predicted molar refractivity (Wildman–Crippen MR) is 124 cm³/mol. The lowest BCUT2D eigenvalue weighted by Gasteiger charge is -2.27. The summed E-state index contributed by atoms with van der Waals surface area (Å²) < 4.78 is 5.51. The van der Waals surface area contributed by atoms with Crippen molar-refractivity contribution in [2.24, 2.45) is 4.99 Å². The summed E-state index contributed by atoms with van der Waals surface area (Å²) in [7, 11) is 1.73. The summed E-state index contributed by atoms with van der Waals surface area (Å²) in [5, 5.41) is 7.01. The molecular weight excluding hydrogens is 493 g/mol. The Morgan fingerprint density at radius 2 is 2.00 bits per heavy atom. The standard InChI is InChI=1S/C19H30ClN5O2.HI/c1-19(2,3)27-18(26)25(15-6-7-15)12-11-23-17(21-4)22-10-9-14-5-8-16(20)24-13-14;/h5,8,13,15H,6-7,9-12H2,1-4H3,(H2,21,22,23);1H. The molecule has 0 unspecified atom stereocenters. The van der Waals surface area contributed by atoms with Crippen molar-refractivity contribution in [3.05, 3.63) is 29.0 Å². The second-order valence-electron chi connectivity index (χ2n) is 7.57. The molecule has 0 spiro atoms. The third kappa shape index (κ3) is 9.27. The van der Waals surface area contributed by atoms with E-state index in [1.807, 2.05) is 31.7 Å². The first-order valence-corrected chi connectivity index (χ1v) is 9.71. The zero-order valence-electron chi connectivity index (χ0n) is 17.0. The first-order valence-electron chi connectivity index (χ1n) is 9.33. The van der Waals surface area contributed by atoms with Crippen molar-refractivity contribution in [2.45, 2.75) is 51.7 Å². The number of pyridine rings is 1. The number of ether oxygens (including phenoxy) is 1. The quantitative estimate of drug-likeness (QED) is 0.248. The van der Waals surface area contributed by atoms with Gasteiger partial charge in [-0.05, 0) is 51.7 Å². The van der Waals surface area contributed by atoms with Crippen LogP contribution in [0.25, 0.3) is 0 Å². The van der Waals surface area contributed by atoms with Gasteiger partial charge in [0.1, 0.15) is 10.8 Å². The largest absolute Gasteiger partial charge is 0.444 e. The van der Waals surface area contributed by atoms with Gasteiger partial charge >= 0.3 is 6.09 Å². The third-order valence-electron chi connectivity index (χ3n) is 3.98. The number of amides is 1. The van der Waals surface area contributed by atoms with Crippen LogP contribution in [0.3, 0.4) is 0 Å². The van der Waals surface area contributed by atoms with Crippen LogP contribution in [0.4, 0.5) is 4.79 Å². The van der Waals surface area contributed by atoms with Gasteiger partial charge in [-0.3, -0.25) is 4.99 Å². The average molecular weight is 524 g/mol. The van der Waals surface area contributed by atoms with E-state index in [9.17, 15) is 4.79 Å². The third-order valence-corrected chi connectivity index (χ3v) is 4.20. The minimum atomic E-state index is -0.480. The van der Waals surface area contributed by atoms with Crippen LogP contribution in [0.2, 0.25) is 5.15 Å². The molecule has 0 aromatic carbocycles. The fourth-order valence-corrected chi connectivity index (χ4v) is 2.64. The fourth-order valence-electron chi connectivity index (χ4n) is 2.52. The smallest absolute Gasteiger partial charge is 0.410 e. The van der Waals surface area contributed by atoms with Crippen molar-refractivity contribution in [2.75, 3.05) is 26.7 Å². The number of nitrogens with one attached hydrogen (secondary N) is 2. The van der Waals surface area contributed by atoms with Crippen LogP contribution >= 0.6 is 35.6 Å². The van der Waals surface area contributed by atoms with Crippen LogP contribution in [0.1, 0.15) is 39.2 Å². The average Bonchev–Trinajstić information content (AvgIpc) is 3.42. The van der Waals surface area contributed by atoms with Gasteiger partial charge < -0.3 is 20.3 Å². The van der Waals surface area contributed by atoms with Gasteiger partial charge in [-0.1, -0.05) is 17.7 Å². The Morgan fingerprint density at radius 1 is 1.32 bits per heavy atom. The molecule has 0 radical (unpaired) electrons. The van der Waals surface area contributed by atoms with E-state index in [0.717, 1.165) is 31.4 Å². The van der Waals surface area contributed by atoms with E-state index in [1.165, 1.54) is 0 Å². The van der Waals surface area contributed by atoms with Crippen molar-refractivity contribution in [1.82, 2.24) is 20.5 Å². The molecule has 0 bridgehead atoms. The van der Waals surface area contributed by atoms with E-state index >= 15 is 0 Å². The van der Waals surface area contributed by atoms with Crippen molar-refractivity contribution in [3.63, 3.8) is 0 Å². The van der Waals surface area contributed by atoms with Crippen LogP contribution in [-0.4, -0.2) is 60.3 Å². The fraction of sp³-hybridized carbons (Fsp3) is 0.632. The lowest BCUT2D eigenvalue weighted by atomic mass is 10.2. The molecule has 0 atom stereocenters. The highest BCUT2D eigenvalue weighted by molar-refractivity contribution is 14.0. The van der Waals surface area contributed by atoms with Gasteiger partial charge in [0, 0.05) is 38.9 Å². The summed E-state index contributed by atoms with van der Waals surface area (Å²) >= 11 is 5.79. The number of hydrogen-bond donors (Lipinski definition) is 2. The van der Waals surface area contributed by atoms with Crippen LogP contribution < -0.4 is 10.6 Å². The Balaban J connectivity index is 0.00000392. The van der Waals surface area contributed by atoms with E-state index in [0.29, 0.717) is 30.2 Å². The molecule has 0 saturated heterocycles. The minimum Gasteiger partial charge on any atom is -0.444 e. The van der Waals surface area contributed by atoms with Crippen LogP contribution in [-0.2, 0) is 11.2 Å². The van der Waals surface area contributed by atoms with Crippen LogP contribution in [0.5, 0.6) is 0 Å². The molecular formula is C19H31ClIN5O2. The second kappa shape index (κ2) is 11.6. The number of nitrogens with zero attached hydrogens (tertiary/aromatic N) is 3. The van der Waals surface area contributed by atoms with Gasteiger partial charge in [0.2, 0.25) is 0 Å². The second-order valence-corrected chi connectivity index (χ2v) is 7.96. The van der Waals surface area contributed by atoms with Gasteiger partial charge in [0.25, 0.3) is 0 Å². The Kier molecular flexibility index (Phi) is 10.3. The van der Waals surface area contributed by atoms with Gasteiger partial charge in [0.05, 0.1) is 0 Å². The van der Waals surface area contributed by atoms with Gasteiger partial charge in [-0.15, -0.1) is 24.0 Å². The monoisotopic (exact) mass is 523 g/mol. The molecule has 1 aromatic heterocycles. The number of carbonyl (C=O) groups is 1. The molecule has 7 nitrogen and oxygen atoms in total. The Bertz CT molecular complexity index is 645. The number of aromatic nitrogens is 1. The molecule has 2 rings (SSSR count). The van der Waals surface area contributed by atoms with Crippen molar-refractivity contribution >= 4 is 47.6 Å². The van der Waals surface area contributed by atoms with E-state index in [-0.39, 0.29) is 30.1 Å². The molecule has 1 saturated carbocycles. The van der Waals surface area contributed by atoms with E-state index in [4.69, 9.17) is 16.3 Å². The number of hydrogen-bond acceptors (Lipinski definition) is 4. The lowest BCUT2D eigenvalue weighted by Crippen LogP contribution is -2.45. The highest BCUT2D eigenvalue weighted by Gasteiger charge is 2.34. The van der Waals surface area contributed by atoms with E-state index in [1.54, 1.807) is 19.3 Å². The highest BCUT2D eigenvalue weighted by atomic mass is 127. The number of aliphatic imine (C=N–C) groups is 1. The number of halogens is 2. The van der Waals surface area contributed by atoms with Gasteiger partial charge in [0.15, 0.2) is 5.96 Å². The molecule has 28 heavy (non-hydrogen) atoms. The molecule has 1 aliphatic carbocycles. The van der Waals surface area contributed by atoms with Crippen molar-refractivity contribution in [3.8, 4) is 0 Å². The molecule has 0 aliphatic heterocycles. The first kappa shape index (κ1) is 24.7. The predicted octanol–water partition coefficient (Wildman–Crippen LogP) is 3.46. The summed E-state index contributed by atoms with van der Waals surface area (Å²) in [5.74, 6) is 0.705. The summed E-state index contributed by atoms with van der Waals surface area (Å²) in [6, 6.07) is 4.04. The van der Waals surface area contributed by atoms with Crippen molar-refractivity contribution < 1.29 is 9.53 Å². The maximum atomic E-state index is 12.4.